The van der Waals surface area contributed by atoms with Gasteiger partial charge in [-0.2, -0.15) is 5.06 Å². The molecule has 1 atom stereocenters. The number of amides is 1. The fourth-order valence-electron chi connectivity index (χ4n) is 3.68. The average Bonchev–Trinajstić information content (AvgIpc) is 2.71. The van der Waals surface area contributed by atoms with Crippen molar-refractivity contribution >= 4 is 11.6 Å². The Morgan fingerprint density at radius 3 is 2.81 bits per heavy atom. The number of benzene rings is 2. The van der Waals surface area contributed by atoms with Crippen LogP contribution in [0.2, 0.25) is 0 Å². The number of hydroxylamine groups is 2. The average molecular weight is 370 g/mol. The maximum absolute atomic E-state index is 12.5. The third kappa shape index (κ3) is 3.49. The van der Waals surface area contributed by atoms with Gasteiger partial charge in [-0.05, 0) is 29.8 Å². The maximum atomic E-state index is 12.5. The molecule has 7 heteroatoms. The van der Waals surface area contributed by atoms with Crippen molar-refractivity contribution in [3.63, 3.8) is 0 Å². The molecule has 1 fully saturated rings. The van der Waals surface area contributed by atoms with Gasteiger partial charge in [-0.25, -0.2) is 0 Å². The van der Waals surface area contributed by atoms with E-state index in [1.165, 1.54) is 4.90 Å². The van der Waals surface area contributed by atoms with E-state index in [1.54, 1.807) is 19.2 Å². The second-order valence-electron chi connectivity index (χ2n) is 6.85. The molecule has 2 aromatic rings. The molecule has 0 aliphatic carbocycles. The highest BCUT2D eigenvalue weighted by molar-refractivity contribution is 6.01. The molecule has 0 radical (unpaired) electrons. The summed E-state index contributed by atoms with van der Waals surface area (Å²) in [7, 11) is 1.66. The predicted molar refractivity (Wildman–Crippen MR) is 99.0 cm³/mol. The molecule has 4 rings (SSSR count). The van der Waals surface area contributed by atoms with E-state index in [-0.39, 0.29) is 0 Å². The Hall–Kier alpha value is -2.61. The maximum Gasteiger partial charge on any atom is 0.281 e. The zero-order valence-corrected chi connectivity index (χ0v) is 15.3. The van der Waals surface area contributed by atoms with Crippen molar-refractivity contribution in [3.8, 4) is 5.75 Å². The lowest BCUT2D eigenvalue weighted by Crippen LogP contribution is -3.12. The number of para-hydroxylation sites is 1. The van der Waals surface area contributed by atoms with Crippen molar-refractivity contribution in [1.82, 2.24) is 5.06 Å². The number of methoxy groups -OCH3 is 1. The van der Waals surface area contributed by atoms with E-state index in [4.69, 9.17) is 9.47 Å². The van der Waals surface area contributed by atoms with Gasteiger partial charge in [-0.15, -0.1) is 0 Å². The van der Waals surface area contributed by atoms with Crippen LogP contribution in [0.25, 0.3) is 0 Å². The minimum Gasteiger partial charge on any atom is -0.496 e. The molecular formula is C20H24N3O4+. The topological polar surface area (TPSA) is 75.5 Å². The third-order valence-corrected chi connectivity index (χ3v) is 5.16. The zero-order chi connectivity index (χ0) is 18.8. The molecule has 7 nitrogen and oxygen atoms in total. The highest BCUT2D eigenvalue weighted by atomic mass is 16.5. The third-order valence-electron chi connectivity index (χ3n) is 5.16. The standard InChI is InChI=1S/C20H23N3O4/c1-26-18-7-6-14(12-15(18)13-22-8-10-27-11-9-22)19-21-17-5-3-2-4-16(17)20(24)23(19)25/h2-7,12,19,21,25H,8-11,13H2,1H3/p+1. The molecule has 2 heterocycles. The van der Waals surface area contributed by atoms with Gasteiger partial charge < -0.3 is 19.7 Å². The zero-order valence-electron chi connectivity index (χ0n) is 15.3. The van der Waals surface area contributed by atoms with Crippen LogP contribution in [0.5, 0.6) is 5.75 Å². The summed E-state index contributed by atoms with van der Waals surface area (Å²) >= 11 is 0. The van der Waals surface area contributed by atoms with Crippen molar-refractivity contribution < 1.29 is 24.4 Å². The largest absolute Gasteiger partial charge is 0.496 e. The Bertz CT molecular complexity index is 836. The Morgan fingerprint density at radius 2 is 2.04 bits per heavy atom. The van der Waals surface area contributed by atoms with Crippen molar-refractivity contribution in [2.24, 2.45) is 0 Å². The van der Waals surface area contributed by atoms with Crippen LogP contribution in [0.3, 0.4) is 0 Å². The lowest BCUT2D eigenvalue weighted by atomic mass is 10.0. The van der Waals surface area contributed by atoms with E-state index in [0.29, 0.717) is 11.3 Å². The molecule has 0 spiro atoms. The molecule has 1 saturated heterocycles. The Balaban J connectivity index is 1.63. The van der Waals surface area contributed by atoms with Gasteiger partial charge in [0.1, 0.15) is 25.4 Å². The number of carbonyl (C=O) groups is 1. The Kier molecular flexibility index (Phi) is 4.98. The fraction of sp³-hybridized carbons (Fsp3) is 0.350. The summed E-state index contributed by atoms with van der Waals surface area (Å²) in [4.78, 5) is 13.9. The molecule has 3 N–H and O–H groups in total. The second kappa shape index (κ2) is 7.56. The van der Waals surface area contributed by atoms with Gasteiger partial charge in [0.25, 0.3) is 5.91 Å². The monoisotopic (exact) mass is 370 g/mol. The summed E-state index contributed by atoms with van der Waals surface area (Å²) in [5.74, 6) is 0.398. The SMILES string of the molecule is COc1ccc(C2Nc3ccccc3C(=O)N2O)cc1C[NH+]1CCOCC1. The molecule has 27 heavy (non-hydrogen) atoms. The molecule has 0 aromatic heterocycles. The summed E-state index contributed by atoms with van der Waals surface area (Å²) in [6.07, 6.45) is -0.642. The Labute approximate surface area is 158 Å². The number of fused-ring (bicyclic) bond motifs is 1. The first-order valence-electron chi connectivity index (χ1n) is 9.13. The predicted octanol–water partition coefficient (Wildman–Crippen LogP) is 1.07. The van der Waals surface area contributed by atoms with E-state index < -0.39 is 12.1 Å². The lowest BCUT2D eigenvalue weighted by molar-refractivity contribution is -0.921. The van der Waals surface area contributed by atoms with E-state index in [0.717, 1.165) is 54.8 Å². The number of ether oxygens (including phenoxy) is 2. The van der Waals surface area contributed by atoms with E-state index in [2.05, 4.69) is 5.32 Å². The van der Waals surface area contributed by atoms with Gasteiger partial charge >= 0.3 is 0 Å². The molecule has 1 amide bonds. The van der Waals surface area contributed by atoms with Gasteiger partial charge in [0, 0.05) is 11.3 Å². The number of nitrogens with zero attached hydrogens (tertiary/aromatic N) is 1. The summed E-state index contributed by atoms with van der Waals surface area (Å²) in [5, 5.41) is 14.5. The Morgan fingerprint density at radius 1 is 1.26 bits per heavy atom. The molecule has 2 aromatic carbocycles. The summed E-state index contributed by atoms with van der Waals surface area (Å²) in [6, 6.07) is 13.0. The first-order chi connectivity index (χ1) is 13.2. The van der Waals surface area contributed by atoms with Crippen molar-refractivity contribution in [1.29, 1.82) is 0 Å². The van der Waals surface area contributed by atoms with Crippen LogP contribution in [0.1, 0.15) is 27.7 Å². The number of hydrogen-bond acceptors (Lipinski definition) is 5. The van der Waals surface area contributed by atoms with Crippen LogP contribution < -0.4 is 15.0 Å². The first kappa shape index (κ1) is 17.8. The highest BCUT2D eigenvalue weighted by Gasteiger charge is 2.32. The summed E-state index contributed by atoms with van der Waals surface area (Å²) < 4.78 is 11.0. The summed E-state index contributed by atoms with van der Waals surface area (Å²) in [6.45, 7) is 4.23. The van der Waals surface area contributed by atoms with Gasteiger partial charge in [-0.1, -0.05) is 18.2 Å². The molecule has 2 aliphatic rings. The molecule has 1 unspecified atom stereocenters. The normalized spacial score (nSPS) is 20.1. The molecular weight excluding hydrogens is 346 g/mol. The van der Waals surface area contributed by atoms with Gasteiger partial charge in [0.2, 0.25) is 0 Å². The van der Waals surface area contributed by atoms with E-state index in [9.17, 15) is 10.0 Å². The molecule has 0 bridgehead atoms. The van der Waals surface area contributed by atoms with Crippen molar-refractivity contribution in [2.75, 3.05) is 38.7 Å². The molecule has 142 valence electrons. The van der Waals surface area contributed by atoms with Crippen molar-refractivity contribution in [3.05, 3.63) is 59.2 Å². The fourth-order valence-corrected chi connectivity index (χ4v) is 3.68. The van der Waals surface area contributed by atoms with Crippen LogP contribution in [0, 0.1) is 0 Å². The second-order valence-corrected chi connectivity index (χ2v) is 6.85. The smallest absolute Gasteiger partial charge is 0.281 e. The number of rotatable bonds is 4. The number of quaternary nitrogens is 1. The molecule has 2 aliphatic heterocycles. The van der Waals surface area contributed by atoms with Crippen LogP contribution >= 0.6 is 0 Å². The van der Waals surface area contributed by atoms with E-state index >= 15 is 0 Å². The van der Waals surface area contributed by atoms with Gasteiger partial charge in [0.15, 0.2) is 6.17 Å². The highest BCUT2D eigenvalue weighted by Crippen LogP contribution is 2.33. The summed E-state index contributed by atoms with van der Waals surface area (Å²) in [5.41, 5.74) is 3.04. The minimum atomic E-state index is -0.642. The number of carbonyl (C=O) groups excluding carboxylic acids is 1. The van der Waals surface area contributed by atoms with Crippen LogP contribution in [0.15, 0.2) is 42.5 Å². The van der Waals surface area contributed by atoms with E-state index in [1.807, 2.05) is 30.3 Å². The van der Waals surface area contributed by atoms with Crippen LogP contribution in [-0.2, 0) is 11.3 Å². The van der Waals surface area contributed by atoms with Crippen LogP contribution in [0.4, 0.5) is 5.69 Å². The first-order valence-corrected chi connectivity index (χ1v) is 9.13. The number of anilines is 1. The number of hydrogen-bond donors (Lipinski definition) is 3. The number of morpholine rings is 1. The van der Waals surface area contributed by atoms with Crippen LogP contribution in [-0.4, -0.2) is 49.6 Å². The quantitative estimate of drug-likeness (QED) is 0.702. The van der Waals surface area contributed by atoms with Crippen molar-refractivity contribution in [2.45, 2.75) is 12.7 Å². The number of nitrogens with one attached hydrogen (secondary N) is 2. The molecule has 0 saturated carbocycles. The lowest BCUT2D eigenvalue weighted by Gasteiger charge is -2.34. The van der Waals surface area contributed by atoms with Gasteiger partial charge in [-0.3, -0.25) is 10.0 Å². The van der Waals surface area contributed by atoms with Gasteiger partial charge in [0.05, 0.1) is 25.9 Å². The minimum absolute atomic E-state index is 0.412.